The van der Waals surface area contributed by atoms with Crippen LogP contribution in [0.15, 0.2) is 115 Å². The fraction of sp³-hybridized carbons (Fsp3) is 0.324. The maximum atomic E-state index is 11.3. The highest BCUT2D eigenvalue weighted by molar-refractivity contribution is 5.69. The van der Waals surface area contributed by atoms with Crippen LogP contribution in [-0.2, 0) is 59.6 Å². The number of carbonyl (C=O) groups is 1. The van der Waals surface area contributed by atoms with Crippen LogP contribution in [0, 0.1) is 0 Å². The Morgan fingerprint density at radius 1 is 0.600 bits per heavy atom. The summed E-state index contributed by atoms with van der Waals surface area (Å²) in [5, 5.41) is 0. The van der Waals surface area contributed by atoms with Crippen molar-refractivity contribution in [3.63, 3.8) is 0 Å². The van der Waals surface area contributed by atoms with Gasteiger partial charge in [0.15, 0.2) is 6.29 Å². The molecule has 5 rings (SSSR count). The van der Waals surface area contributed by atoms with E-state index >= 15 is 0 Å². The second-order valence-electron chi connectivity index (χ2n) is 10.8. The van der Waals surface area contributed by atoms with E-state index in [4.69, 9.17) is 33.2 Å². The highest BCUT2D eigenvalue weighted by Gasteiger charge is 2.48. The van der Waals surface area contributed by atoms with Gasteiger partial charge in [-0.05, 0) is 34.4 Å². The van der Waals surface area contributed by atoms with Crippen molar-refractivity contribution in [2.45, 2.75) is 64.1 Å². The summed E-state index contributed by atoms with van der Waals surface area (Å²) in [5.74, 6) is 0.122. The summed E-state index contributed by atoms with van der Waals surface area (Å²) < 4.78 is 43.4. The van der Waals surface area contributed by atoms with Crippen LogP contribution >= 0.6 is 0 Å². The average Bonchev–Trinajstić information content (AvgIpc) is 3.07. The number of hydrogen-bond acceptors (Lipinski definition) is 8. The molecular weight excluding hydrogens is 572 g/mol. The molecule has 1 aliphatic rings. The first kappa shape index (κ1) is 32.5. The molecule has 0 amide bonds. The molecule has 0 saturated carbocycles. The van der Waals surface area contributed by atoms with E-state index in [1.54, 1.807) is 19.2 Å². The molecule has 8 nitrogen and oxygen atoms in total. The molecule has 1 aliphatic heterocycles. The Morgan fingerprint density at radius 3 is 1.56 bits per heavy atom. The Kier molecular flexibility index (Phi) is 12.3. The zero-order valence-electron chi connectivity index (χ0n) is 25.7. The molecule has 0 N–H and O–H groups in total. The smallest absolute Gasteiger partial charge is 0.308 e. The summed E-state index contributed by atoms with van der Waals surface area (Å²) >= 11 is 0. The number of hydrogen-bond donors (Lipinski definition) is 0. The van der Waals surface area contributed by atoms with Crippen molar-refractivity contribution in [2.75, 3.05) is 13.7 Å². The van der Waals surface area contributed by atoms with Gasteiger partial charge in [-0.1, -0.05) is 103 Å². The molecule has 0 aliphatic carbocycles. The van der Waals surface area contributed by atoms with Gasteiger partial charge in [0.2, 0.25) is 0 Å². The Morgan fingerprint density at radius 2 is 1.07 bits per heavy atom. The van der Waals surface area contributed by atoms with Gasteiger partial charge in [-0.3, -0.25) is 4.79 Å². The van der Waals surface area contributed by atoms with Crippen LogP contribution in [0.3, 0.4) is 0 Å². The highest BCUT2D eigenvalue weighted by atomic mass is 16.7. The van der Waals surface area contributed by atoms with E-state index in [0.29, 0.717) is 32.2 Å². The van der Waals surface area contributed by atoms with Crippen molar-refractivity contribution in [1.82, 2.24) is 0 Å². The lowest BCUT2D eigenvalue weighted by atomic mass is 9.97. The number of benzene rings is 4. The zero-order chi connectivity index (χ0) is 31.3. The Balaban J connectivity index is 1.35. The third kappa shape index (κ3) is 9.80. The van der Waals surface area contributed by atoms with Gasteiger partial charge in [0.1, 0.15) is 30.2 Å². The van der Waals surface area contributed by atoms with Crippen LogP contribution in [0.5, 0.6) is 5.75 Å². The molecule has 45 heavy (non-hydrogen) atoms. The van der Waals surface area contributed by atoms with E-state index in [9.17, 15) is 4.79 Å². The lowest BCUT2D eigenvalue weighted by Gasteiger charge is -2.45. The van der Waals surface area contributed by atoms with Crippen LogP contribution in [0.2, 0.25) is 0 Å². The average molecular weight is 613 g/mol. The van der Waals surface area contributed by atoms with Gasteiger partial charge < -0.3 is 33.2 Å². The predicted octanol–water partition coefficient (Wildman–Crippen LogP) is 6.26. The van der Waals surface area contributed by atoms with Crippen LogP contribution < -0.4 is 4.74 Å². The molecule has 0 bridgehead atoms. The Bertz CT molecular complexity index is 1420. The lowest BCUT2D eigenvalue weighted by Crippen LogP contribution is -2.61. The number of esters is 1. The summed E-state index contributed by atoms with van der Waals surface area (Å²) in [6.07, 6.45) is -2.89. The van der Waals surface area contributed by atoms with E-state index < -0.39 is 30.7 Å². The summed E-state index contributed by atoms with van der Waals surface area (Å²) in [6.45, 7) is 3.00. The van der Waals surface area contributed by atoms with Gasteiger partial charge in [0.05, 0.1) is 33.0 Å². The van der Waals surface area contributed by atoms with Crippen molar-refractivity contribution in [3.8, 4) is 5.75 Å². The molecule has 0 spiro atoms. The van der Waals surface area contributed by atoms with Crippen LogP contribution in [0.4, 0.5) is 0 Å². The Labute approximate surface area is 264 Å². The van der Waals surface area contributed by atoms with Gasteiger partial charge in [-0.2, -0.15) is 0 Å². The standard InChI is InChI=1S/C37H40O8/c1-27(38)44-32-20-18-31(19-21-32)22-40-26-33-34(41-23-28-12-6-3-7-13-28)35(42-24-29-14-8-4-9-15-29)36(37(39-2)45-33)43-25-30-16-10-5-11-17-30/h3-21,33-37H,22-26H2,1-2H3/t33-,34+,35+,36-,37+/m1/s1. The molecule has 5 atom stereocenters. The minimum Gasteiger partial charge on any atom is -0.427 e. The Hall–Kier alpha value is -3.89. The van der Waals surface area contributed by atoms with Gasteiger partial charge in [-0.15, -0.1) is 0 Å². The molecule has 8 heteroatoms. The first-order valence-corrected chi connectivity index (χ1v) is 15.1. The first-order valence-electron chi connectivity index (χ1n) is 15.1. The lowest BCUT2D eigenvalue weighted by molar-refractivity contribution is -0.323. The molecule has 1 fully saturated rings. The summed E-state index contributed by atoms with van der Waals surface area (Å²) in [5.41, 5.74) is 4.02. The zero-order valence-corrected chi connectivity index (χ0v) is 25.7. The third-order valence-corrected chi connectivity index (χ3v) is 7.42. The van der Waals surface area contributed by atoms with Gasteiger partial charge >= 0.3 is 5.97 Å². The second kappa shape index (κ2) is 17.0. The van der Waals surface area contributed by atoms with Crippen LogP contribution in [0.25, 0.3) is 0 Å². The maximum Gasteiger partial charge on any atom is 0.308 e. The third-order valence-electron chi connectivity index (χ3n) is 7.42. The van der Waals surface area contributed by atoms with Gasteiger partial charge in [0.25, 0.3) is 0 Å². The monoisotopic (exact) mass is 612 g/mol. The van der Waals surface area contributed by atoms with Crippen molar-refractivity contribution in [2.24, 2.45) is 0 Å². The summed E-state index contributed by atoms with van der Waals surface area (Å²) in [7, 11) is 1.60. The molecule has 4 aromatic rings. The minimum absolute atomic E-state index is 0.224. The highest BCUT2D eigenvalue weighted by Crippen LogP contribution is 2.31. The molecular formula is C37H40O8. The van der Waals surface area contributed by atoms with Crippen LogP contribution in [-0.4, -0.2) is 50.4 Å². The van der Waals surface area contributed by atoms with Gasteiger partial charge in [-0.25, -0.2) is 0 Å². The summed E-state index contributed by atoms with van der Waals surface area (Å²) in [4.78, 5) is 11.3. The molecule has 236 valence electrons. The van der Waals surface area contributed by atoms with E-state index in [0.717, 1.165) is 22.3 Å². The predicted molar refractivity (Wildman–Crippen MR) is 168 cm³/mol. The minimum atomic E-state index is -0.720. The van der Waals surface area contributed by atoms with E-state index in [1.807, 2.05) is 103 Å². The molecule has 0 aromatic heterocycles. The molecule has 0 unspecified atom stereocenters. The molecule has 1 heterocycles. The fourth-order valence-corrected chi connectivity index (χ4v) is 5.18. The number of rotatable bonds is 15. The summed E-state index contributed by atoms with van der Waals surface area (Å²) in [6, 6.07) is 37.2. The SMILES string of the molecule is CO[C@H]1O[C@H](COCc2ccc(OC(C)=O)cc2)[C@H](OCc2ccccc2)[C@H](OCc2ccccc2)[C@H]1OCc1ccccc1. The molecule has 4 aromatic carbocycles. The van der Waals surface area contributed by atoms with Gasteiger partial charge in [0, 0.05) is 14.0 Å². The van der Waals surface area contributed by atoms with Crippen molar-refractivity contribution >= 4 is 5.97 Å². The number of methoxy groups -OCH3 is 1. The van der Waals surface area contributed by atoms with Crippen molar-refractivity contribution < 1.29 is 38.0 Å². The number of carbonyl (C=O) groups excluding carboxylic acids is 1. The second-order valence-corrected chi connectivity index (χ2v) is 10.8. The van der Waals surface area contributed by atoms with Crippen molar-refractivity contribution in [3.05, 3.63) is 138 Å². The largest absolute Gasteiger partial charge is 0.427 e. The first-order chi connectivity index (χ1) is 22.1. The van der Waals surface area contributed by atoms with E-state index in [-0.39, 0.29) is 12.6 Å². The number of ether oxygens (including phenoxy) is 7. The van der Waals surface area contributed by atoms with Crippen molar-refractivity contribution in [1.29, 1.82) is 0 Å². The topological polar surface area (TPSA) is 81.7 Å². The van der Waals surface area contributed by atoms with E-state index in [2.05, 4.69) is 0 Å². The van der Waals surface area contributed by atoms with Crippen LogP contribution in [0.1, 0.15) is 29.2 Å². The fourth-order valence-electron chi connectivity index (χ4n) is 5.18. The maximum absolute atomic E-state index is 11.3. The molecule has 1 saturated heterocycles. The quantitative estimate of drug-likeness (QED) is 0.115. The normalized spacial score (nSPS) is 21.3. The van der Waals surface area contributed by atoms with E-state index in [1.165, 1.54) is 6.92 Å². The molecule has 0 radical (unpaired) electrons.